The van der Waals surface area contributed by atoms with Crippen LogP contribution in [0.5, 0.6) is 0 Å². The molecule has 0 saturated heterocycles. The number of aromatic nitrogens is 2. The molecule has 1 fully saturated rings. The van der Waals surface area contributed by atoms with Gasteiger partial charge in [0.1, 0.15) is 11.9 Å². The highest BCUT2D eigenvalue weighted by Gasteiger charge is 2.38. The smallest absolute Gasteiger partial charge is 0.272 e. The van der Waals surface area contributed by atoms with Crippen LogP contribution in [-0.4, -0.2) is 51.8 Å². The van der Waals surface area contributed by atoms with Gasteiger partial charge in [-0.15, -0.1) is 0 Å². The first kappa shape index (κ1) is 22.0. The first-order valence-corrected chi connectivity index (χ1v) is 11.2. The highest BCUT2D eigenvalue weighted by Crippen LogP contribution is 2.34. The summed E-state index contributed by atoms with van der Waals surface area (Å²) in [5, 5.41) is 5.52. The number of nitrogens with zero attached hydrogens (tertiary/aromatic N) is 3. The minimum absolute atomic E-state index is 0.119. The maximum Gasteiger partial charge on any atom is 0.272 e. The fourth-order valence-electron chi connectivity index (χ4n) is 4.15. The fourth-order valence-corrected chi connectivity index (χ4v) is 4.15. The van der Waals surface area contributed by atoms with E-state index in [0.717, 1.165) is 18.4 Å². The second-order valence-electron chi connectivity index (χ2n) is 9.67. The Balaban J connectivity index is 1.71. The molecule has 2 aliphatic rings. The zero-order valence-electron chi connectivity index (χ0n) is 19.1. The summed E-state index contributed by atoms with van der Waals surface area (Å²) in [4.78, 5) is 45.1. The number of imidazole rings is 1. The van der Waals surface area contributed by atoms with Crippen molar-refractivity contribution in [1.29, 1.82) is 0 Å². The number of rotatable bonds is 5. The van der Waals surface area contributed by atoms with Crippen molar-refractivity contribution >= 4 is 17.7 Å². The Morgan fingerprint density at radius 1 is 1.09 bits per heavy atom. The number of hydrogen-bond donors (Lipinski definition) is 2. The van der Waals surface area contributed by atoms with E-state index in [2.05, 4.69) is 10.6 Å². The Bertz CT molecular complexity index is 1030. The summed E-state index contributed by atoms with van der Waals surface area (Å²) in [6, 6.07) is 9.01. The third-order valence-electron chi connectivity index (χ3n) is 6.14. The van der Waals surface area contributed by atoms with E-state index in [-0.39, 0.29) is 23.4 Å². The highest BCUT2D eigenvalue weighted by molar-refractivity contribution is 5.98. The standard InChI is InChI=1S/C24H31N5O3/c1-24(2,3)19(22(31)25-4)27-21(30)18-17-14-28(23(32)16-10-11-16)12-13-29(17)20(26-18)15-8-6-5-7-9-15/h5-9,16,19H,10-14H2,1-4H3,(H,25,31)(H,27,30). The van der Waals surface area contributed by atoms with Gasteiger partial charge in [-0.25, -0.2) is 4.98 Å². The third-order valence-corrected chi connectivity index (χ3v) is 6.14. The molecule has 1 aromatic heterocycles. The van der Waals surface area contributed by atoms with Crippen LogP contribution in [0.1, 0.15) is 49.8 Å². The van der Waals surface area contributed by atoms with Crippen molar-refractivity contribution in [2.24, 2.45) is 11.3 Å². The maximum atomic E-state index is 13.4. The predicted molar refractivity (Wildman–Crippen MR) is 121 cm³/mol. The van der Waals surface area contributed by atoms with E-state index >= 15 is 0 Å². The highest BCUT2D eigenvalue weighted by atomic mass is 16.2. The third kappa shape index (κ3) is 4.26. The van der Waals surface area contributed by atoms with E-state index in [1.165, 1.54) is 0 Å². The molecule has 1 aliphatic heterocycles. The number of fused-ring (bicyclic) bond motifs is 1. The average Bonchev–Trinajstić information content (AvgIpc) is 3.56. The van der Waals surface area contributed by atoms with Gasteiger partial charge in [0.05, 0.1) is 12.2 Å². The minimum atomic E-state index is -0.717. The molecule has 8 heteroatoms. The van der Waals surface area contributed by atoms with Crippen LogP contribution < -0.4 is 10.6 Å². The molecule has 1 saturated carbocycles. The topological polar surface area (TPSA) is 96.3 Å². The number of hydrogen-bond acceptors (Lipinski definition) is 4. The number of benzene rings is 1. The molecular weight excluding hydrogens is 406 g/mol. The summed E-state index contributed by atoms with van der Waals surface area (Å²) in [6.45, 7) is 7.24. The van der Waals surface area contributed by atoms with E-state index in [1.807, 2.05) is 60.6 Å². The first-order chi connectivity index (χ1) is 15.2. The van der Waals surface area contributed by atoms with Gasteiger partial charge < -0.3 is 20.1 Å². The van der Waals surface area contributed by atoms with Crippen molar-refractivity contribution < 1.29 is 14.4 Å². The predicted octanol–water partition coefficient (Wildman–Crippen LogP) is 2.19. The van der Waals surface area contributed by atoms with Crippen molar-refractivity contribution in [2.45, 2.75) is 52.7 Å². The number of likely N-dealkylation sites (N-methyl/N-ethyl adjacent to an activating group) is 1. The van der Waals surface area contributed by atoms with Crippen LogP contribution in [0.2, 0.25) is 0 Å². The zero-order valence-corrected chi connectivity index (χ0v) is 19.1. The lowest BCUT2D eigenvalue weighted by Crippen LogP contribution is -2.53. The van der Waals surface area contributed by atoms with E-state index in [1.54, 1.807) is 7.05 Å². The molecule has 2 N–H and O–H groups in total. The molecule has 4 rings (SSSR count). The van der Waals surface area contributed by atoms with Crippen molar-refractivity contribution in [3.05, 3.63) is 41.7 Å². The van der Waals surface area contributed by atoms with Gasteiger partial charge in [0.25, 0.3) is 5.91 Å². The van der Waals surface area contributed by atoms with E-state index in [9.17, 15) is 14.4 Å². The summed E-state index contributed by atoms with van der Waals surface area (Å²) < 4.78 is 2.03. The largest absolute Gasteiger partial charge is 0.357 e. The molecule has 32 heavy (non-hydrogen) atoms. The summed E-state index contributed by atoms with van der Waals surface area (Å²) in [5.74, 6) is 0.321. The van der Waals surface area contributed by atoms with Crippen LogP contribution in [0.15, 0.2) is 30.3 Å². The Kier molecular flexibility index (Phi) is 5.79. The average molecular weight is 438 g/mol. The van der Waals surface area contributed by atoms with Crippen molar-refractivity contribution in [3.63, 3.8) is 0 Å². The van der Waals surface area contributed by atoms with Crippen LogP contribution in [0.4, 0.5) is 0 Å². The van der Waals surface area contributed by atoms with Gasteiger partial charge in [0, 0.05) is 31.6 Å². The second-order valence-corrected chi connectivity index (χ2v) is 9.67. The first-order valence-electron chi connectivity index (χ1n) is 11.2. The Labute approximate surface area is 188 Å². The number of amides is 3. The number of carbonyl (C=O) groups excluding carboxylic acids is 3. The molecule has 8 nitrogen and oxygen atoms in total. The van der Waals surface area contributed by atoms with Gasteiger partial charge in [-0.05, 0) is 18.3 Å². The molecule has 0 radical (unpaired) electrons. The molecule has 0 bridgehead atoms. The van der Waals surface area contributed by atoms with Crippen LogP contribution >= 0.6 is 0 Å². The van der Waals surface area contributed by atoms with Gasteiger partial charge in [-0.2, -0.15) is 0 Å². The molecule has 170 valence electrons. The summed E-state index contributed by atoms with van der Waals surface area (Å²) in [5.41, 5.74) is 1.42. The van der Waals surface area contributed by atoms with Gasteiger partial charge in [0.2, 0.25) is 11.8 Å². The zero-order chi connectivity index (χ0) is 23.0. The molecule has 0 spiro atoms. The van der Waals surface area contributed by atoms with Gasteiger partial charge in [-0.1, -0.05) is 51.1 Å². The number of nitrogens with one attached hydrogen (secondary N) is 2. The quantitative estimate of drug-likeness (QED) is 0.750. The normalized spacial score (nSPS) is 16.8. The molecule has 2 heterocycles. The molecular formula is C24H31N5O3. The molecule has 1 aliphatic carbocycles. The molecule has 1 atom stereocenters. The monoisotopic (exact) mass is 437 g/mol. The van der Waals surface area contributed by atoms with E-state index in [0.29, 0.717) is 31.2 Å². The minimum Gasteiger partial charge on any atom is -0.357 e. The van der Waals surface area contributed by atoms with Gasteiger partial charge in [-0.3, -0.25) is 14.4 Å². The van der Waals surface area contributed by atoms with Gasteiger partial charge in [0.15, 0.2) is 5.69 Å². The Morgan fingerprint density at radius 2 is 1.78 bits per heavy atom. The maximum absolute atomic E-state index is 13.4. The second kappa shape index (κ2) is 8.41. The SMILES string of the molecule is CNC(=O)C(NC(=O)c1nc(-c2ccccc2)n2c1CN(C(=O)C1CC1)CC2)C(C)(C)C. The summed E-state index contributed by atoms with van der Waals surface area (Å²) in [6.07, 6.45) is 1.88. The van der Waals surface area contributed by atoms with E-state index < -0.39 is 17.4 Å². The van der Waals surface area contributed by atoms with E-state index in [4.69, 9.17) is 4.98 Å². The molecule has 1 aromatic carbocycles. The summed E-state index contributed by atoms with van der Waals surface area (Å²) >= 11 is 0. The summed E-state index contributed by atoms with van der Waals surface area (Å²) in [7, 11) is 1.56. The lowest BCUT2D eigenvalue weighted by atomic mass is 9.86. The van der Waals surface area contributed by atoms with Crippen molar-refractivity contribution in [3.8, 4) is 11.4 Å². The Morgan fingerprint density at radius 3 is 2.38 bits per heavy atom. The molecule has 3 amide bonds. The Hall–Kier alpha value is -3.16. The van der Waals surface area contributed by atoms with Crippen LogP contribution in [0.25, 0.3) is 11.4 Å². The molecule has 1 unspecified atom stereocenters. The van der Waals surface area contributed by atoms with Crippen molar-refractivity contribution in [1.82, 2.24) is 25.1 Å². The fraction of sp³-hybridized carbons (Fsp3) is 0.500. The number of carbonyl (C=O) groups is 3. The van der Waals surface area contributed by atoms with Crippen molar-refractivity contribution in [2.75, 3.05) is 13.6 Å². The van der Waals surface area contributed by atoms with Crippen LogP contribution in [0, 0.1) is 11.3 Å². The molecule has 2 aromatic rings. The lowest BCUT2D eigenvalue weighted by Gasteiger charge is -2.31. The lowest BCUT2D eigenvalue weighted by molar-refractivity contribution is -0.134. The van der Waals surface area contributed by atoms with Crippen LogP contribution in [-0.2, 0) is 22.7 Å². The van der Waals surface area contributed by atoms with Crippen LogP contribution in [0.3, 0.4) is 0 Å². The van der Waals surface area contributed by atoms with Gasteiger partial charge >= 0.3 is 0 Å².